The third-order valence-electron chi connectivity index (χ3n) is 6.40. The Hall–Kier alpha value is -3.61. The minimum absolute atomic E-state index is 0.0188. The van der Waals surface area contributed by atoms with E-state index in [-0.39, 0.29) is 17.7 Å². The van der Waals surface area contributed by atoms with Crippen molar-refractivity contribution < 1.29 is 14.3 Å². The average Bonchev–Trinajstić information content (AvgIpc) is 3.26. The molecule has 4 rings (SSSR count). The summed E-state index contributed by atoms with van der Waals surface area (Å²) in [7, 11) is 3.52. The Kier molecular flexibility index (Phi) is 7.01. The predicted molar refractivity (Wildman–Crippen MR) is 131 cm³/mol. The molecule has 2 atom stereocenters. The number of piperidine rings is 1. The number of methoxy groups -OCH3 is 1. The van der Waals surface area contributed by atoms with E-state index in [9.17, 15) is 9.59 Å². The maximum Gasteiger partial charge on any atom is 0.253 e. The Bertz CT molecular complexity index is 1170. The van der Waals surface area contributed by atoms with E-state index in [1.807, 2.05) is 68.1 Å². The molecule has 1 N–H and O–H groups in total. The lowest BCUT2D eigenvalue weighted by atomic mass is 9.95. The molecule has 0 saturated carbocycles. The van der Waals surface area contributed by atoms with Gasteiger partial charge in [0.15, 0.2) is 0 Å². The molecule has 1 fully saturated rings. The van der Waals surface area contributed by atoms with Gasteiger partial charge in [-0.3, -0.25) is 9.59 Å². The highest BCUT2D eigenvalue weighted by Crippen LogP contribution is 2.30. The number of likely N-dealkylation sites (tertiary alicyclic amines) is 1. The van der Waals surface area contributed by atoms with Gasteiger partial charge in [-0.05, 0) is 44.9 Å². The number of rotatable bonds is 6. The fraction of sp³-hybridized carbons (Fsp3) is 0.370. The van der Waals surface area contributed by atoms with E-state index in [2.05, 4.69) is 16.4 Å². The second kappa shape index (κ2) is 10.1. The van der Waals surface area contributed by atoms with E-state index in [0.717, 1.165) is 35.4 Å². The summed E-state index contributed by atoms with van der Waals surface area (Å²) in [5.74, 6) is 1.01. The molecule has 0 radical (unpaired) electrons. The Morgan fingerprint density at radius 2 is 1.88 bits per heavy atom. The Labute approximate surface area is 200 Å². The summed E-state index contributed by atoms with van der Waals surface area (Å²) in [6.45, 7) is 5.04. The number of nitrogens with zero attached hydrogens (tertiary/aromatic N) is 3. The van der Waals surface area contributed by atoms with E-state index in [4.69, 9.17) is 4.74 Å². The van der Waals surface area contributed by atoms with Crippen LogP contribution in [-0.2, 0) is 11.8 Å². The zero-order chi connectivity index (χ0) is 24.2. The number of carbonyl (C=O) groups is 2. The van der Waals surface area contributed by atoms with Crippen molar-refractivity contribution in [1.82, 2.24) is 19.8 Å². The van der Waals surface area contributed by atoms with Crippen LogP contribution in [0.15, 0.2) is 54.9 Å². The van der Waals surface area contributed by atoms with E-state index < -0.39 is 6.04 Å². The smallest absolute Gasteiger partial charge is 0.253 e. The van der Waals surface area contributed by atoms with Gasteiger partial charge in [-0.25, -0.2) is 4.98 Å². The monoisotopic (exact) mass is 460 g/mol. The molecule has 0 spiro atoms. The number of aryl methyl sites for hydroxylation is 3. The molecular weight excluding hydrogens is 428 g/mol. The molecular formula is C27H32N4O3. The first-order chi connectivity index (χ1) is 16.4. The van der Waals surface area contributed by atoms with Gasteiger partial charge in [-0.1, -0.05) is 35.4 Å². The van der Waals surface area contributed by atoms with Crippen molar-refractivity contribution in [3.63, 3.8) is 0 Å². The number of imidazole rings is 1. The third-order valence-corrected chi connectivity index (χ3v) is 6.40. The molecule has 1 saturated heterocycles. The maximum atomic E-state index is 13.5. The number of hydrogen-bond acceptors (Lipinski definition) is 4. The SMILES string of the molecule is COc1ccccc1C(NC(=O)C1CCCN(C(=O)c2cc(C)cc(C)c2)C1)c1nccn1C. The van der Waals surface area contributed by atoms with Crippen molar-refractivity contribution in [2.45, 2.75) is 32.7 Å². The molecule has 2 unspecified atom stereocenters. The van der Waals surface area contributed by atoms with Crippen LogP contribution in [0.3, 0.4) is 0 Å². The number of benzene rings is 2. The van der Waals surface area contributed by atoms with Gasteiger partial charge in [-0.15, -0.1) is 0 Å². The number of hydrogen-bond donors (Lipinski definition) is 1. The normalized spacial score (nSPS) is 16.7. The molecule has 1 aliphatic heterocycles. The molecule has 7 nitrogen and oxygen atoms in total. The highest BCUT2D eigenvalue weighted by molar-refractivity contribution is 5.95. The van der Waals surface area contributed by atoms with Crippen LogP contribution < -0.4 is 10.1 Å². The number of ether oxygens (including phenoxy) is 1. The molecule has 178 valence electrons. The highest BCUT2D eigenvalue weighted by atomic mass is 16.5. The fourth-order valence-electron chi connectivity index (χ4n) is 4.76. The number of carbonyl (C=O) groups excluding carboxylic acids is 2. The zero-order valence-corrected chi connectivity index (χ0v) is 20.2. The standard InChI is InChI=1S/C27H32N4O3/c1-18-14-19(2)16-21(15-18)27(33)31-12-7-8-20(17-31)26(32)29-24(25-28-11-13-30(25)3)22-9-5-6-10-23(22)34-4/h5-6,9-11,13-16,20,24H,7-8,12,17H2,1-4H3,(H,29,32). The lowest BCUT2D eigenvalue weighted by Crippen LogP contribution is -2.46. The maximum absolute atomic E-state index is 13.5. The highest BCUT2D eigenvalue weighted by Gasteiger charge is 2.32. The molecule has 1 aromatic heterocycles. The number of nitrogens with one attached hydrogen (secondary N) is 1. The van der Waals surface area contributed by atoms with Crippen LogP contribution in [-0.4, -0.2) is 46.5 Å². The van der Waals surface area contributed by atoms with E-state index in [0.29, 0.717) is 24.4 Å². The van der Waals surface area contributed by atoms with Crippen molar-refractivity contribution >= 4 is 11.8 Å². The molecule has 3 aromatic rings. The van der Waals surface area contributed by atoms with Gasteiger partial charge in [0.1, 0.15) is 17.6 Å². The van der Waals surface area contributed by atoms with Gasteiger partial charge in [-0.2, -0.15) is 0 Å². The Balaban J connectivity index is 1.55. The van der Waals surface area contributed by atoms with Crippen molar-refractivity contribution in [1.29, 1.82) is 0 Å². The van der Waals surface area contributed by atoms with Crippen molar-refractivity contribution in [2.75, 3.05) is 20.2 Å². The summed E-state index contributed by atoms with van der Waals surface area (Å²) in [6, 6.07) is 13.1. The number of amides is 2. The third kappa shape index (κ3) is 4.98. The summed E-state index contributed by atoms with van der Waals surface area (Å²) < 4.78 is 7.46. The number of para-hydroxylation sites is 1. The molecule has 0 aliphatic carbocycles. The molecule has 2 amide bonds. The summed E-state index contributed by atoms with van der Waals surface area (Å²) >= 11 is 0. The first-order valence-corrected chi connectivity index (χ1v) is 11.7. The van der Waals surface area contributed by atoms with Crippen LogP contribution in [0.4, 0.5) is 0 Å². The minimum atomic E-state index is -0.464. The lowest BCUT2D eigenvalue weighted by molar-refractivity contribution is -0.126. The molecule has 7 heteroatoms. The first kappa shape index (κ1) is 23.5. The van der Waals surface area contributed by atoms with Crippen LogP contribution >= 0.6 is 0 Å². The van der Waals surface area contributed by atoms with Crippen molar-refractivity contribution in [3.05, 3.63) is 82.9 Å². The van der Waals surface area contributed by atoms with Crippen LogP contribution in [0.5, 0.6) is 5.75 Å². The topological polar surface area (TPSA) is 76.5 Å². The van der Waals surface area contributed by atoms with Gasteiger partial charge >= 0.3 is 0 Å². The zero-order valence-electron chi connectivity index (χ0n) is 20.2. The molecule has 2 aromatic carbocycles. The minimum Gasteiger partial charge on any atom is -0.496 e. The molecule has 1 aliphatic rings. The first-order valence-electron chi connectivity index (χ1n) is 11.7. The van der Waals surface area contributed by atoms with Gasteiger partial charge in [0.05, 0.1) is 13.0 Å². The summed E-state index contributed by atoms with van der Waals surface area (Å²) in [5.41, 5.74) is 3.64. The van der Waals surface area contributed by atoms with Gasteiger partial charge in [0.25, 0.3) is 5.91 Å². The quantitative estimate of drug-likeness (QED) is 0.607. The van der Waals surface area contributed by atoms with Crippen LogP contribution in [0.25, 0.3) is 0 Å². The van der Waals surface area contributed by atoms with Crippen LogP contribution in [0, 0.1) is 19.8 Å². The molecule has 2 heterocycles. The second-order valence-electron chi connectivity index (χ2n) is 9.05. The predicted octanol–water partition coefficient (Wildman–Crippen LogP) is 3.80. The van der Waals surface area contributed by atoms with E-state index in [1.54, 1.807) is 18.2 Å². The van der Waals surface area contributed by atoms with Gasteiger partial charge < -0.3 is 19.5 Å². The lowest BCUT2D eigenvalue weighted by Gasteiger charge is -2.33. The van der Waals surface area contributed by atoms with Gasteiger partial charge in [0.2, 0.25) is 5.91 Å². The Morgan fingerprint density at radius 1 is 1.15 bits per heavy atom. The largest absolute Gasteiger partial charge is 0.496 e. The Morgan fingerprint density at radius 3 is 2.56 bits per heavy atom. The van der Waals surface area contributed by atoms with Gasteiger partial charge in [0, 0.05) is 43.7 Å². The van der Waals surface area contributed by atoms with Crippen LogP contribution in [0.1, 0.15) is 51.8 Å². The number of aromatic nitrogens is 2. The average molecular weight is 461 g/mol. The fourth-order valence-corrected chi connectivity index (χ4v) is 4.76. The summed E-state index contributed by atoms with van der Waals surface area (Å²) in [5, 5.41) is 3.20. The van der Waals surface area contributed by atoms with Crippen molar-refractivity contribution in [2.24, 2.45) is 13.0 Å². The van der Waals surface area contributed by atoms with E-state index in [1.165, 1.54) is 0 Å². The molecule has 34 heavy (non-hydrogen) atoms. The molecule has 0 bridgehead atoms. The van der Waals surface area contributed by atoms with E-state index >= 15 is 0 Å². The summed E-state index contributed by atoms with van der Waals surface area (Å²) in [6.07, 6.45) is 5.10. The van der Waals surface area contributed by atoms with Crippen LogP contribution in [0.2, 0.25) is 0 Å². The summed E-state index contributed by atoms with van der Waals surface area (Å²) in [4.78, 5) is 33.0. The van der Waals surface area contributed by atoms with Crippen molar-refractivity contribution in [3.8, 4) is 5.75 Å². The second-order valence-corrected chi connectivity index (χ2v) is 9.05.